The number of benzene rings is 1. The number of H-pyrrole nitrogens is 2. The first-order chi connectivity index (χ1) is 28.6. The van der Waals surface area contributed by atoms with E-state index in [1.165, 1.54) is 24.9 Å². The van der Waals surface area contributed by atoms with Gasteiger partial charge in [0.15, 0.2) is 5.75 Å². The number of rotatable bonds is 0. The van der Waals surface area contributed by atoms with Gasteiger partial charge in [-0.1, -0.05) is 17.7 Å². The van der Waals surface area contributed by atoms with Crippen LogP contribution in [0, 0.1) is 41.5 Å². The summed E-state index contributed by atoms with van der Waals surface area (Å²) >= 11 is 0. The van der Waals surface area contributed by atoms with E-state index in [1.54, 1.807) is 50.7 Å². The second-order valence-corrected chi connectivity index (χ2v) is 13.3. The molecule has 0 atom stereocenters. The average molecular weight is 849 g/mol. The monoisotopic (exact) mass is 848 g/mol. The zero-order chi connectivity index (χ0) is 46.2. The standard InChI is InChI=1S/C8H10O.C6H7NO2.C6H9NO.C5H7NO.C4H7N3.2C4H6N2O.C2H4N4O/c1-6-3-4-8(9)7(2)5-6;1-7-3-2-5(8)6(9)4-7;1-4-3-7-6(8)5(4)2;1-4-2-5(7)6-3-4;1-3-5-4(2)7-6-3;1-3-4(7)6-2-5-3;1-3-5-6-4(2)7-3;1-6-2(7)3-4-5-6/h3-5,9H,1-2H3;2-4,9H,1H3;3H2,1-2H3,(H,7,8);2H,3H2,1H3,(H,6,7);1-2H3,(H,5,6,7);2H2,1H3,(H,6,7);1-2H3;1H3,(H,3,5,7). The topological polar surface area (TPSA) is 306 Å². The van der Waals surface area contributed by atoms with Crippen LogP contribution in [0.1, 0.15) is 62.3 Å². The number of nitrogens with one attached hydrogen (secondary N) is 5. The first kappa shape index (κ1) is 51.5. The maximum atomic E-state index is 10.6. The van der Waals surface area contributed by atoms with E-state index in [0.29, 0.717) is 29.9 Å². The molecule has 0 fully saturated rings. The molecule has 0 aliphatic carbocycles. The summed E-state index contributed by atoms with van der Waals surface area (Å²) in [7, 11) is 3.25. The maximum Gasteiger partial charge on any atom is 0.360 e. The molecule has 0 unspecified atom stereocenters. The average Bonchev–Trinajstić information content (AvgIpc) is 4.08. The number of hydrogen-bond acceptors (Lipinski definition) is 15. The number of hydrogen-bond donors (Lipinski definition) is 7. The highest BCUT2D eigenvalue weighted by atomic mass is 16.4. The van der Waals surface area contributed by atoms with E-state index in [9.17, 15) is 24.0 Å². The molecule has 1 aromatic carbocycles. The summed E-state index contributed by atoms with van der Waals surface area (Å²) in [4.78, 5) is 59.6. The molecule has 22 nitrogen and oxygen atoms in total. The zero-order valence-corrected chi connectivity index (χ0v) is 36.5. The number of tetrazole rings is 1. The number of phenolic OH excluding ortho intramolecular Hbond substituents is 1. The Hall–Kier alpha value is -7.52. The molecule has 7 N–H and O–H groups in total. The number of aromatic amines is 2. The summed E-state index contributed by atoms with van der Waals surface area (Å²) in [6, 6.07) is 6.87. The number of phenols is 1. The number of aryl methyl sites for hydroxylation is 8. The number of aromatic nitrogens is 10. The van der Waals surface area contributed by atoms with Gasteiger partial charge in [-0.15, -0.1) is 10.2 Å². The number of nitrogens with zero attached hydrogens (tertiary/aromatic N) is 9. The summed E-state index contributed by atoms with van der Waals surface area (Å²) in [6.45, 7) is 20.5. The number of carbonyl (C=O) groups excluding carboxylic acids is 3. The van der Waals surface area contributed by atoms with Crippen molar-refractivity contribution in [3.63, 3.8) is 0 Å². The lowest BCUT2D eigenvalue weighted by atomic mass is 10.1. The van der Waals surface area contributed by atoms with Crippen LogP contribution in [-0.2, 0) is 28.5 Å². The minimum Gasteiger partial charge on any atom is -0.508 e. The highest BCUT2D eigenvalue weighted by Crippen LogP contribution is 2.15. The van der Waals surface area contributed by atoms with E-state index in [0.717, 1.165) is 51.7 Å². The van der Waals surface area contributed by atoms with Crippen molar-refractivity contribution in [2.45, 2.75) is 69.2 Å². The van der Waals surface area contributed by atoms with Crippen molar-refractivity contribution in [3.05, 3.63) is 115 Å². The fourth-order valence-electron chi connectivity index (χ4n) is 4.12. The Morgan fingerprint density at radius 1 is 0.754 bits per heavy atom. The Morgan fingerprint density at radius 2 is 1.41 bits per heavy atom. The van der Waals surface area contributed by atoms with Crippen molar-refractivity contribution in [2.24, 2.45) is 19.1 Å². The third-order valence-corrected chi connectivity index (χ3v) is 7.64. The fraction of sp³-hybridized carbons (Fsp3) is 0.385. The van der Waals surface area contributed by atoms with Gasteiger partial charge in [0.2, 0.25) is 29.0 Å². The predicted octanol–water partition coefficient (Wildman–Crippen LogP) is 1.76. The van der Waals surface area contributed by atoms with Crippen molar-refractivity contribution in [3.8, 4) is 11.5 Å². The van der Waals surface area contributed by atoms with Crippen molar-refractivity contribution in [2.75, 3.05) is 19.8 Å². The second-order valence-electron chi connectivity index (χ2n) is 13.3. The van der Waals surface area contributed by atoms with Crippen molar-refractivity contribution >= 4 is 23.4 Å². The molecule has 8 rings (SSSR count). The third-order valence-electron chi connectivity index (χ3n) is 7.64. The normalized spacial score (nSPS) is 13.0. The molecule has 3 amide bonds. The number of amides is 3. The number of aromatic hydroxyl groups is 2. The lowest BCUT2D eigenvalue weighted by Crippen LogP contribution is -2.20. The summed E-state index contributed by atoms with van der Waals surface area (Å²) in [5.41, 5.74) is 5.23. The van der Waals surface area contributed by atoms with Crippen molar-refractivity contribution in [1.29, 1.82) is 0 Å². The van der Waals surface area contributed by atoms with E-state index in [-0.39, 0.29) is 34.6 Å². The Bertz CT molecular complexity index is 2330. The highest BCUT2D eigenvalue weighted by Gasteiger charge is 2.13. The summed E-state index contributed by atoms with van der Waals surface area (Å²) in [5, 5.41) is 48.0. The van der Waals surface area contributed by atoms with Crippen LogP contribution < -0.4 is 27.1 Å². The smallest absolute Gasteiger partial charge is 0.360 e. The van der Waals surface area contributed by atoms with E-state index in [4.69, 9.17) is 14.6 Å². The molecule has 0 saturated carbocycles. The first-order valence-electron chi connectivity index (χ1n) is 18.5. The van der Waals surface area contributed by atoms with Gasteiger partial charge in [0.05, 0.1) is 5.71 Å². The second kappa shape index (κ2) is 26.5. The van der Waals surface area contributed by atoms with Gasteiger partial charge < -0.3 is 35.1 Å². The van der Waals surface area contributed by atoms with Gasteiger partial charge in [-0.2, -0.15) is 9.78 Å². The molecule has 61 heavy (non-hydrogen) atoms. The Balaban J connectivity index is 0.000000349. The van der Waals surface area contributed by atoms with E-state index in [2.05, 4.69) is 61.8 Å². The minimum absolute atomic E-state index is 0.0394. The van der Waals surface area contributed by atoms with Gasteiger partial charge in [0.1, 0.15) is 24.1 Å². The van der Waals surface area contributed by atoms with Crippen LogP contribution in [0.2, 0.25) is 0 Å². The third kappa shape index (κ3) is 21.7. The quantitative estimate of drug-likeness (QED) is 0.117. The molecular formula is C39H56N14O8. The minimum atomic E-state index is -0.340. The van der Waals surface area contributed by atoms with Crippen LogP contribution in [0.5, 0.6) is 11.5 Å². The van der Waals surface area contributed by atoms with E-state index >= 15 is 0 Å². The molecule has 0 radical (unpaired) electrons. The number of aliphatic imine (C=N–C) groups is 1. The van der Waals surface area contributed by atoms with Gasteiger partial charge in [0.25, 0.3) is 5.91 Å². The van der Waals surface area contributed by atoms with Crippen LogP contribution in [0.3, 0.4) is 0 Å². The van der Waals surface area contributed by atoms with Gasteiger partial charge in [0, 0.05) is 71.1 Å². The van der Waals surface area contributed by atoms with E-state index in [1.807, 2.05) is 60.6 Å². The van der Waals surface area contributed by atoms with Crippen LogP contribution >= 0.6 is 0 Å². The molecule has 330 valence electrons. The molecule has 3 aliphatic heterocycles. The Labute approximate surface area is 352 Å². The molecule has 3 aliphatic rings. The number of carbonyl (C=O) groups is 3. The largest absolute Gasteiger partial charge is 0.508 e. The van der Waals surface area contributed by atoms with Crippen molar-refractivity contribution < 1.29 is 29.0 Å². The summed E-state index contributed by atoms with van der Waals surface area (Å²) < 4.78 is 7.58. The molecular weight excluding hydrogens is 793 g/mol. The summed E-state index contributed by atoms with van der Waals surface area (Å²) in [5.74, 6) is 3.17. The molecule has 0 spiro atoms. The Morgan fingerprint density at radius 3 is 1.64 bits per heavy atom. The van der Waals surface area contributed by atoms with Crippen LogP contribution in [0.25, 0.3) is 0 Å². The molecule has 22 heteroatoms. The van der Waals surface area contributed by atoms with E-state index < -0.39 is 0 Å². The molecule has 0 saturated heterocycles. The van der Waals surface area contributed by atoms with Gasteiger partial charge in [-0.3, -0.25) is 29.3 Å². The fourth-order valence-corrected chi connectivity index (χ4v) is 4.12. The van der Waals surface area contributed by atoms with Gasteiger partial charge >= 0.3 is 5.69 Å². The van der Waals surface area contributed by atoms with Crippen LogP contribution in [0.15, 0.2) is 78.5 Å². The lowest BCUT2D eigenvalue weighted by Gasteiger charge is -1.97. The van der Waals surface area contributed by atoms with Crippen LogP contribution in [0.4, 0.5) is 0 Å². The maximum absolute atomic E-state index is 10.6. The molecule has 0 bridgehead atoms. The predicted molar refractivity (Wildman–Crippen MR) is 226 cm³/mol. The van der Waals surface area contributed by atoms with Gasteiger partial charge in [-0.25, -0.2) is 14.9 Å². The molecule has 7 heterocycles. The highest BCUT2D eigenvalue weighted by molar-refractivity contribution is 6.39. The lowest BCUT2D eigenvalue weighted by molar-refractivity contribution is -0.117. The van der Waals surface area contributed by atoms with Crippen molar-refractivity contribution in [1.82, 2.24) is 66.1 Å². The number of pyridine rings is 1. The Kier molecular flexibility index (Phi) is 22.4. The van der Waals surface area contributed by atoms with Crippen LogP contribution in [-0.4, -0.2) is 104 Å². The van der Waals surface area contributed by atoms with Gasteiger partial charge in [-0.05, 0) is 88.6 Å². The summed E-state index contributed by atoms with van der Waals surface area (Å²) in [6.07, 6.45) is 4.56. The first-order valence-corrected chi connectivity index (χ1v) is 18.5. The zero-order valence-electron chi connectivity index (χ0n) is 36.5. The molecule has 4 aromatic heterocycles. The SMILES string of the molecule is CC1=C(C)C(=O)NC1.CC1=CC(=O)NC1.CC1=NCNC1=O.Cc1ccc(O)c(C)c1.Cc1n[nH]c(C)n1.Cc1nnc(C)o1.Cn1ccc(=O)c(O)c1.Cn1nn[nH]c1=O. The molecule has 5 aromatic rings.